The lowest BCUT2D eigenvalue weighted by Crippen LogP contribution is -2.44. The Morgan fingerprint density at radius 1 is 1.21 bits per heavy atom. The van der Waals surface area contributed by atoms with Gasteiger partial charge < -0.3 is 4.43 Å². The minimum absolute atomic E-state index is 0.133. The Morgan fingerprint density at radius 2 is 1.79 bits per heavy atom. The number of benzene rings is 1. The van der Waals surface area contributed by atoms with E-state index in [1.807, 2.05) is 31.2 Å². The van der Waals surface area contributed by atoms with E-state index in [2.05, 4.69) is 33.9 Å². The van der Waals surface area contributed by atoms with Gasteiger partial charge >= 0.3 is 0 Å². The molecule has 0 radical (unpaired) electrons. The van der Waals surface area contributed by atoms with Gasteiger partial charge in [-0.3, -0.25) is 4.79 Å². The van der Waals surface area contributed by atoms with Gasteiger partial charge in [-0.05, 0) is 36.7 Å². The molecule has 0 bridgehead atoms. The monoisotopic (exact) mass is 278 g/mol. The molecule has 0 amide bonds. The van der Waals surface area contributed by atoms with Crippen LogP contribution in [0.2, 0.25) is 18.1 Å². The van der Waals surface area contributed by atoms with Gasteiger partial charge in [0.2, 0.25) is 0 Å². The molecular formula is C16H26O2Si. The highest BCUT2D eigenvalue weighted by atomic mass is 28.4. The normalized spacial score (nSPS) is 12.3. The quantitative estimate of drug-likeness (QED) is 0.556. The third-order valence-electron chi connectivity index (χ3n) is 3.84. The van der Waals surface area contributed by atoms with Crippen LogP contribution in [0, 0.1) is 0 Å². The fourth-order valence-corrected chi connectivity index (χ4v) is 2.61. The Balaban J connectivity index is 3.06. The molecule has 0 aromatic heterocycles. The zero-order valence-electron chi connectivity index (χ0n) is 13.0. The van der Waals surface area contributed by atoms with E-state index in [9.17, 15) is 4.79 Å². The lowest BCUT2D eigenvalue weighted by atomic mass is 10.1. The SMILES string of the molecule is CCCC(=O)c1ccccc1O[Si](C)(C)C(C)(C)C. The number of hydrogen-bond acceptors (Lipinski definition) is 2. The van der Waals surface area contributed by atoms with Gasteiger partial charge in [0.25, 0.3) is 8.32 Å². The molecule has 0 saturated carbocycles. The largest absolute Gasteiger partial charge is 0.543 e. The predicted molar refractivity (Wildman–Crippen MR) is 83.5 cm³/mol. The first kappa shape index (κ1) is 16.0. The van der Waals surface area contributed by atoms with Crippen LogP contribution in [-0.2, 0) is 0 Å². The standard InChI is InChI=1S/C16H26O2Si/c1-7-10-14(17)13-11-8-9-12-15(13)18-19(5,6)16(2,3)4/h8-9,11-12H,7,10H2,1-6H3. The van der Waals surface area contributed by atoms with Crippen LogP contribution < -0.4 is 4.43 Å². The molecule has 1 rings (SSSR count). The van der Waals surface area contributed by atoms with Crippen molar-refractivity contribution in [3.8, 4) is 5.75 Å². The molecule has 19 heavy (non-hydrogen) atoms. The van der Waals surface area contributed by atoms with Crippen molar-refractivity contribution in [2.45, 2.75) is 58.7 Å². The van der Waals surface area contributed by atoms with E-state index in [0.717, 1.165) is 17.7 Å². The molecule has 1 aromatic rings. The Kier molecular flexibility index (Phi) is 4.96. The maximum Gasteiger partial charge on any atom is 0.250 e. The highest BCUT2D eigenvalue weighted by Gasteiger charge is 2.39. The Hall–Kier alpha value is -1.09. The molecule has 2 nitrogen and oxygen atoms in total. The van der Waals surface area contributed by atoms with E-state index in [-0.39, 0.29) is 10.8 Å². The van der Waals surface area contributed by atoms with Crippen LogP contribution in [0.1, 0.15) is 50.9 Å². The van der Waals surface area contributed by atoms with Crippen LogP contribution in [0.4, 0.5) is 0 Å². The lowest BCUT2D eigenvalue weighted by Gasteiger charge is -2.36. The summed E-state index contributed by atoms with van der Waals surface area (Å²) in [6, 6.07) is 7.64. The predicted octanol–water partition coefficient (Wildman–Crippen LogP) is 5.05. The van der Waals surface area contributed by atoms with Crippen LogP contribution in [-0.4, -0.2) is 14.1 Å². The molecule has 0 unspecified atom stereocenters. The highest BCUT2D eigenvalue weighted by molar-refractivity contribution is 6.74. The number of rotatable bonds is 5. The summed E-state index contributed by atoms with van der Waals surface area (Å²) in [6.07, 6.45) is 1.45. The Morgan fingerprint density at radius 3 is 2.32 bits per heavy atom. The summed E-state index contributed by atoms with van der Waals surface area (Å²) in [5.74, 6) is 0.935. The second-order valence-corrected chi connectivity index (χ2v) is 11.3. The number of hydrogen-bond donors (Lipinski definition) is 0. The number of para-hydroxylation sites is 1. The van der Waals surface area contributed by atoms with Gasteiger partial charge in [-0.2, -0.15) is 0 Å². The van der Waals surface area contributed by atoms with E-state index >= 15 is 0 Å². The molecule has 1 aromatic carbocycles. The van der Waals surface area contributed by atoms with Gasteiger partial charge in [0.05, 0.1) is 5.56 Å². The molecule has 0 atom stereocenters. The van der Waals surface area contributed by atoms with Crippen molar-refractivity contribution in [3.63, 3.8) is 0 Å². The van der Waals surface area contributed by atoms with Crippen LogP contribution in [0.25, 0.3) is 0 Å². The summed E-state index contributed by atoms with van der Waals surface area (Å²) in [4.78, 5) is 12.1. The van der Waals surface area contributed by atoms with Gasteiger partial charge in [0, 0.05) is 6.42 Å². The summed E-state index contributed by atoms with van der Waals surface area (Å²) in [5, 5.41) is 0.133. The molecule has 106 valence electrons. The fourth-order valence-electron chi connectivity index (χ4n) is 1.58. The van der Waals surface area contributed by atoms with Crippen molar-refractivity contribution in [3.05, 3.63) is 29.8 Å². The maximum atomic E-state index is 12.1. The zero-order valence-corrected chi connectivity index (χ0v) is 14.0. The molecule has 0 aliphatic carbocycles. The minimum atomic E-state index is -1.90. The summed E-state index contributed by atoms with van der Waals surface area (Å²) < 4.78 is 6.28. The van der Waals surface area contributed by atoms with Crippen LogP contribution in [0.15, 0.2) is 24.3 Å². The van der Waals surface area contributed by atoms with Crippen molar-refractivity contribution >= 4 is 14.1 Å². The molecular weight excluding hydrogens is 252 g/mol. The first-order valence-electron chi connectivity index (χ1n) is 7.00. The molecule has 0 N–H and O–H groups in total. The topological polar surface area (TPSA) is 26.3 Å². The summed E-state index contributed by atoms with van der Waals surface area (Å²) in [5.41, 5.74) is 0.731. The van der Waals surface area contributed by atoms with Gasteiger partial charge in [0.1, 0.15) is 5.75 Å². The number of carbonyl (C=O) groups is 1. The third-order valence-corrected chi connectivity index (χ3v) is 8.18. The molecule has 0 heterocycles. The maximum absolute atomic E-state index is 12.1. The van der Waals surface area contributed by atoms with E-state index in [1.165, 1.54) is 0 Å². The van der Waals surface area contributed by atoms with Crippen molar-refractivity contribution in [2.24, 2.45) is 0 Å². The fraction of sp³-hybridized carbons (Fsp3) is 0.562. The summed E-state index contributed by atoms with van der Waals surface area (Å²) in [7, 11) is -1.90. The first-order valence-corrected chi connectivity index (χ1v) is 9.91. The first-order chi connectivity index (χ1) is 8.69. The molecule has 0 aliphatic rings. The van der Waals surface area contributed by atoms with Crippen molar-refractivity contribution < 1.29 is 9.22 Å². The average Bonchev–Trinajstić information content (AvgIpc) is 2.28. The van der Waals surface area contributed by atoms with Crippen LogP contribution in [0.5, 0.6) is 5.75 Å². The van der Waals surface area contributed by atoms with Gasteiger partial charge in [-0.1, -0.05) is 39.8 Å². The van der Waals surface area contributed by atoms with Gasteiger partial charge in [0.15, 0.2) is 5.78 Å². The average molecular weight is 278 g/mol. The highest BCUT2D eigenvalue weighted by Crippen LogP contribution is 2.38. The second kappa shape index (κ2) is 5.91. The van der Waals surface area contributed by atoms with E-state index < -0.39 is 8.32 Å². The minimum Gasteiger partial charge on any atom is -0.543 e. The molecule has 0 aliphatic heterocycles. The lowest BCUT2D eigenvalue weighted by molar-refractivity contribution is 0.0980. The van der Waals surface area contributed by atoms with Gasteiger partial charge in [-0.25, -0.2) is 0 Å². The molecule has 0 saturated heterocycles. The smallest absolute Gasteiger partial charge is 0.250 e. The third kappa shape index (κ3) is 3.93. The number of ketones is 1. The molecule has 3 heteroatoms. The number of carbonyl (C=O) groups excluding carboxylic acids is 1. The van der Waals surface area contributed by atoms with E-state index in [0.29, 0.717) is 6.42 Å². The van der Waals surface area contributed by atoms with Crippen LogP contribution >= 0.6 is 0 Å². The molecule has 0 spiro atoms. The Bertz CT molecular complexity index is 444. The molecule has 0 fully saturated rings. The van der Waals surface area contributed by atoms with Crippen molar-refractivity contribution in [1.29, 1.82) is 0 Å². The summed E-state index contributed by atoms with van der Waals surface area (Å²) >= 11 is 0. The van der Waals surface area contributed by atoms with E-state index in [1.54, 1.807) is 0 Å². The van der Waals surface area contributed by atoms with Gasteiger partial charge in [-0.15, -0.1) is 0 Å². The van der Waals surface area contributed by atoms with Crippen LogP contribution in [0.3, 0.4) is 0 Å². The van der Waals surface area contributed by atoms with Crippen molar-refractivity contribution in [2.75, 3.05) is 0 Å². The zero-order chi connectivity index (χ0) is 14.7. The second-order valence-electron chi connectivity index (χ2n) is 6.53. The number of Topliss-reactive ketones (excluding diaryl/α,β-unsaturated/α-hetero) is 1. The van der Waals surface area contributed by atoms with E-state index in [4.69, 9.17) is 4.43 Å². The summed E-state index contributed by atoms with van der Waals surface area (Å²) in [6.45, 7) is 13.0. The Labute approximate surface area is 118 Å². The van der Waals surface area contributed by atoms with Crippen molar-refractivity contribution in [1.82, 2.24) is 0 Å².